The first-order chi connectivity index (χ1) is 10.8. The van der Waals surface area contributed by atoms with E-state index < -0.39 is 0 Å². The third-order valence-electron chi connectivity index (χ3n) is 3.59. The van der Waals surface area contributed by atoms with E-state index in [1.54, 1.807) is 6.20 Å². The molecular formula is C17H21N5. The van der Waals surface area contributed by atoms with Gasteiger partial charge >= 0.3 is 0 Å². The minimum atomic E-state index is 0.393. The van der Waals surface area contributed by atoms with Gasteiger partial charge in [0.15, 0.2) is 0 Å². The van der Waals surface area contributed by atoms with E-state index in [0.29, 0.717) is 6.04 Å². The van der Waals surface area contributed by atoms with Crippen LogP contribution in [-0.2, 0) is 13.1 Å². The summed E-state index contributed by atoms with van der Waals surface area (Å²) in [7, 11) is 0. The number of anilines is 1. The fraction of sp³-hybridized carbons (Fsp3) is 0.294. The lowest BCUT2D eigenvalue weighted by Gasteiger charge is -2.16. The van der Waals surface area contributed by atoms with Gasteiger partial charge in [-0.15, -0.1) is 0 Å². The molecule has 3 rings (SSSR count). The molecule has 0 saturated heterocycles. The van der Waals surface area contributed by atoms with Crippen LogP contribution in [-0.4, -0.2) is 25.6 Å². The van der Waals surface area contributed by atoms with Crippen LogP contribution < -0.4 is 5.32 Å². The summed E-state index contributed by atoms with van der Waals surface area (Å²) in [6.45, 7) is 3.92. The Hall–Kier alpha value is -2.56. The van der Waals surface area contributed by atoms with Crippen molar-refractivity contribution in [3.63, 3.8) is 0 Å². The fourth-order valence-electron chi connectivity index (χ4n) is 2.46. The topological polar surface area (TPSA) is 47.7 Å². The SMILES string of the molecule is C[C@@H](CCn1cccn1)Nc1cccc(Cn2cccn2)c1. The molecule has 3 aromatic rings. The minimum Gasteiger partial charge on any atom is -0.383 e. The average molecular weight is 295 g/mol. The summed E-state index contributed by atoms with van der Waals surface area (Å²) in [5.41, 5.74) is 2.39. The molecule has 0 spiro atoms. The second-order valence-electron chi connectivity index (χ2n) is 5.51. The van der Waals surface area contributed by atoms with Gasteiger partial charge in [0.1, 0.15) is 0 Å². The highest BCUT2D eigenvalue weighted by molar-refractivity contribution is 5.46. The Morgan fingerprint density at radius 2 is 1.82 bits per heavy atom. The van der Waals surface area contributed by atoms with Gasteiger partial charge in [-0.3, -0.25) is 9.36 Å². The van der Waals surface area contributed by atoms with Crippen molar-refractivity contribution in [3.05, 3.63) is 66.7 Å². The Morgan fingerprint density at radius 1 is 1.05 bits per heavy atom. The lowest BCUT2D eigenvalue weighted by Crippen LogP contribution is -2.18. The van der Waals surface area contributed by atoms with Crippen LogP contribution in [0.25, 0.3) is 0 Å². The molecule has 0 amide bonds. The molecule has 0 aliphatic rings. The molecule has 5 heteroatoms. The van der Waals surface area contributed by atoms with E-state index in [9.17, 15) is 0 Å². The molecule has 0 aliphatic carbocycles. The Morgan fingerprint density at radius 3 is 2.55 bits per heavy atom. The van der Waals surface area contributed by atoms with Gasteiger partial charge in [0, 0.05) is 43.1 Å². The molecule has 2 heterocycles. The van der Waals surface area contributed by atoms with Gasteiger partial charge < -0.3 is 5.32 Å². The van der Waals surface area contributed by atoms with Crippen molar-refractivity contribution < 1.29 is 0 Å². The number of nitrogens with zero attached hydrogens (tertiary/aromatic N) is 4. The number of aryl methyl sites for hydroxylation is 1. The smallest absolute Gasteiger partial charge is 0.0660 e. The summed E-state index contributed by atoms with van der Waals surface area (Å²) < 4.78 is 3.90. The number of hydrogen-bond donors (Lipinski definition) is 1. The van der Waals surface area contributed by atoms with Crippen LogP contribution in [0.5, 0.6) is 0 Å². The maximum absolute atomic E-state index is 4.25. The average Bonchev–Trinajstić information content (AvgIpc) is 3.19. The summed E-state index contributed by atoms with van der Waals surface area (Å²) in [4.78, 5) is 0. The molecule has 2 aromatic heterocycles. The van der Waals surface area contributed by atoms with Crippen molar-refractivity contribution in [2.24, 2.45) is 0 Å². The minimum absolute atomic E-state index is 0.393. The van der Waals surface area contributed by atoms with E-state index in [-0.39, 0.29) is 0 Å². The van der Waals surface area contributed by atoms with E-state index in [2.05, 4.69) is 46.7 Å². The summed E-state index contributed by atoms with van der Waals surface area (Å²) in [6.07, 6.45) is 8.63. The molecular weight excluding hydrogens is 274 g/mol. The number of nitrogens with one attached hydrogen (secondary N) is 1. The van der Waals surface area contributed by atoms with Gasteiger partial charge in [-0.05, 0) is 43.2 Å². The van der Waals surface area contributed by atoms with Crippen LogP contribution in [0.2, 0.25) is 0 Å². The predicted molar refractivity (Wildman–Crippen MR) is 87.7 cm³/mol. The van der Waals surface area contributed by atoms with Gasteiger partial charge in [0.05, 0.1) is 6.54 Å². The third-order valence-corrected chi connectivity index (χ3v) is 3.59. The Kier molecular flexibility index (Phi) is 4.53. The molecule has 114 valence electrons. The zero-order chi connectivity index (χ0) is 15.2. The molecule has 0 unspecified atom stereocenters. The molecule has 0 radical (unpaired) electrons. The van der Waals surface area contributed by atoms with Crippen LogP contribution in [0.15, 0.2) is 61.2 Å². The van der Waals surface area contributed by atoms with Crippen LogP contribution in [0.4, 0.5) is 5.69 Å². The summed E-state index contributed by atoms with van der Waals surface area (Å²) in [5.74, 6) is 0. The third kappa shape index (κ3) is 3.97. The second-order valence-corrected chi connectivity index (χ2v) is 5.51. The first-order valence-corrected chi connectivity index (χ1v) is 7.60. The van der Waals surface area contributed by atoms with Crippen molar-refractivity contribution in [2.45, 2.75) is 32.5 Å². The van der Waals surface area contributed by atoms with E-state index in [0.717, 1.165) is 25.2 Å². The van der Waals surface area contributed by atoms with E-state index >= 15 is 0 Å². The predicted octanol–water partition coefficient (Wildman–Crippen LogP) is 3.02. The highest BCUT2D eigenvalue weighted by atomic mass is 15.3. The number of rotatable bonds is 7. The van der Waals surface area contributed by atoms with Crippen LogP contribution >= 0.6 is 0 Å². The zero-order valence-corrected chi connectivity index (χ0v) is 12.8. The highest BCUT2D eigenvalue weighted by Crippen LogP contribution is 2.14. The van der Waals surface area contributed by atoms with Crippen molar-refractivity contribution >= 4 is 5.69 Å². The van der Waals surface area contributed by atoms with E-state index in [1.165, 1.54) is 5.56 Å². The van der Waals surface area contributed by atoms with Gasteiger partial charge in [-0.1, -0.05) is 12.1 Å². The number of aromatic nitrogens is 4. The quantitative estimate of drug-likeness (QED) is 0.729. The van der Waals surface area contributed by atoms with Crippen molar-refractivity contribution in [2.75, 3.05) is 5.32 Å². The first-order valence-electron chi connectivity index (χ1n) is 7.60. The van der Waals surface area contributed by atoms with Gasteiger partial charge in [-0.25, -0.2) is 0 Å². The molecule has 5 nitrogen and oxygen atoms in total. The van der Waals surface area contributed by atoms with Crippen LogP contribution in [0.1, 0.15) is 18.9 Å². The Labute approximate surface area is 130 Å². The molecule has 0 bridgehead atoms. The van der Waals surface area contributed by atoms with Crippen molar-refractivity contribution in [1.82, 2.24) is 19.6 Å². The largest absolute Gasteiger partial charge is 0.383 e. The van der Waals surface area contributed by atoms with E-state index in [4.69, 9.17) is 0 Å². The summed E-state index contributed by atoms with van der Waals surface area (Å²) >= 11 is 0. The molecule has 1 N–H and O–H groups in total. The second kappa shape index (κ2) is 6.93. The lowest BCUT2D eigenvalue weighted by molar-refractivity contribution is 0.545. The molecule has 0 saturated carbocycles. The molecule has 22 heavy (non-hydrogen) atoms. The summed E-state index contributed by atoms with van der Waals surface area (Å²) in [5, 5.41) is 12.0. The molecule has 0 fully saturated rings. The number of benzene rings is 1. The molecule has 1 aromatic carbocycles. The van der Waals surface area contributed by atoms with Gasteiger partial charge in [0.2, 0.25) is 0 Å². The Bertz CT molecular complexity index is 673. The molecule has 0 aliphatic heterocycles. The van der Waals surface area contributed by atoms with Crippen LogP contribution in [0, 0.1) is 0 Å². The Balaban J connectivity index is 1.55. The standard InChI is InChI=1S/C17H21N5/c1-15(7-12-21-10-3-8-18-21)20-17-6-2-5-16(13-17)14-22-11-4-9-19-22/h2-6,8-11,13,15,20H,7,12,14H2,1H3/t15-/m0/s1. The number of hydrogen-bond acceptors (Lipinski definition) is 3. The molecule has 1 atom stereocenters. The monoisotopic (exact) mass is 295 g/mol. The lowest BCUT2D eigenvalue weighted by atomic mass is 10.1. The van der Waals surface area contributed by atoms with Crippen molar-refractivity contribution in [3.8, 4) is 0 Å². The summed E-state index contributed by atoms with van der Waals surface area (Å²) in [6, 6.07) is 12.8. The fourth-order valence-corrected chi connectivity index (χ4v) is 2.46. The maximum Gasteiger partial charge on any atom is 0.0660 e. The van der Waals surface area contributed by atoms with E-state index in [1.807, 2.05) is 40.1 Å². The van der Waals surface area contributed by atoms with Gasteiger partial charge in [-0.2, -0.15) is 10.2 Å². The zero-order valence-electron chi connectivity index (χ0n) is 12.8. The van der Waals surface area contributed by atoms with Crippen molar-refractivity contribution in [1.29, 1.82) is 0 Å². The maximum atomic E-state index is 4.25. The normalized spacial score (nSPS) is 12.2. The highest BCUT2D eigenvalue weighted by Gasteiger charge is 2.04. The van der Waals surface area contributed by atoms with Gasteiger partial charge in [0.25, 0.3) is 0 Å². The van der Waals surface area contributed by atoms with Crippen LogP contribution in [0.3, 0.4) is 0 Å². The first kappa shape index (κ1) is 14.4.